The van der Waals surface area contributed by atoms with Gasteiger partial charge in [0, 0.05) is 18.7 Å². The Labute approximate surface area is 127 Å². The molecule has 0 radical (unpaired) electrons. The van der Waals surface area contributed by atoms with Crippen LogP contribution in [0.1, 0.15) is 36.7 Å². The molecule has 0 aliphatic carbocycles. The van der Waals surface area contributed by atoms with E-state index in [1.807, 2.05) is 14.0 Å². The first-order valence-corrected chi connectivity index (χ1v) is 7.06. The number of rotatable bonds is 4. The highest BCUT2D eigenvalue weighted by Crippen LogP contribution is 2.21. The van der Waals surface area contributed by atoms with E-state index in [2.05, 4.69) is 25.7 Å². The van der Waals surface area contributed by atoms with E-state index in [0.717, 1.165) is 0 Å². The molecule has 1 aromatic carbocycles. The highest BCUT2D eigenvalue weighted by molar-refractivity contribution is 5.95. The first-order chi connectivity index (χ1) is 9.92. The molecule has 0 saturated carbocycles. The monoisotopic (exact) mass is 288 g/mol. The molecule has 1 rings (SSSR count). The molecule has 1 amide bonds. The number of nitrogens with two attached hydrogens (primary N) is 1. The van der Waals surface area contributed by atoms with E-state index < -0.39 is 0 Å². The second-order valence-corrected chi connectivity index (χ2v) is 5.32. The van der Waals surface area contributed by atoms with Crippen LogP contribution in [0.2, 0.25) is 0 Å². The maximum atomic E-state index is 12.5. The number of methoxy groups -OCH3 is 1. The Morgan fingerprint density at radius 3 is 2.57 bits per heavy atom. The normalized spacial score (nSPS) is 11.6. The molecule has 1 aromatic rings. The van der Waals surface area contributed by atoms with E-state index in [4.69, 9.17) is 10.5 Å². The van der Waals surface area contributed by atoms with Gasteiger partial charge in [-0.25, -0.2) is 0 Å². The molecule has 0 heterocycles. The minimum absolute atomic E-state index is 0.0188. The third-order valence-corrected chi connectivity index (χ3v) is 3.67. The van der Waals surface area contributed by atoms with Gasteiger partial charge in [-0.05, 0) is 31.0 Å². The molecule has 0 aliphatic heterocycles. The van der Waals surface area contributed by atoms with Crippen molar-refractivity contribution in [2.24, 2.45) is 11.7 Å². The molecule has 0 aliphatic rings. The van der Waals surface area contributed by atoms with Crippen molar-refractivity contribution in [1.29, 1.82) is 0 Å². The van der Waals surface area contributed by atoms with E-state index >= 15 is 0 Å². The number of hydrogen-bond acceptors (Lipinski definition) is 3. The van der Waals surface area contributed by atoms with Gasteiger partial charge in [0.1, 0.15) is 5.75 Å². The van der Waals surface area contributed by atoms with E-state index in [0.29, 0.717) is 22.8 Å². The van der Waals surface area contributed by atoms with Crippen molar-refractivity contribution in [2.45, 2.75) is 26.8 Å². The minimum Gasteiger partial charge on any atom is -0.495 e. The second-order valence-electron chi connectivity index (χ2n) is 5.32. The maximum absolute atomic E-state index is 12.5. The Hall–Kier alpha value is -1.99. The predicted octanol–water partition coefficient (Wildman–Crippen LogP) is 2.12. The van der Waals surface area contributed by atoms with Gasteiger partial charge in [-0.15, -0.1) is 0 Å². The molecule has 21 heavy (non-hydrogen) atoms. The number of amides is 1. The molecule has 0 fully saturated rings. The summed E-state index contributed by atoms with van der Waals surface area (Å²) in [5.74, 6) is 6.75. The van der Waals surface area contributed by atoms with Crippen LogP contribution in [0.3, 0.4) is 0 Å². The molecule has 1 atom stereocenters. The number of benzene rings is 1. The van der Waals surface area contributed by atoms with Crippen molar-refractivity contribution in [3.8, 4) is 17.6 Å². The standard InChI is InChI=1S/C17H24N2O2/c1-12(2)13(3)19(4)17(20)15-8-9-16(21-5)14(11-15)7-6-10-18/h8-9,11-13H,10,18H2,1-5H3. The highest BCUT2D eigenvalue weighted by Gasteiger charge is 2.20. The molecule has 4 heteroatoms. The van der Waals surface area contributed by atoms with E-state index in [1.54, 1.807) is 30.2 Å². The van der Waals surface area contributed by atoms with Crippen molar-refractivity contribution in [1.82, 2.24) is 4.90 Å². The minimum atomic E-state index is -0.0188. The van der Waals surface area contributed by atoms with Crippen molar-refractivity contribution in [3.05, 3.63) is 29.3 Å². The average Bonchev–Trinajstić information content (AvgIpc) is 2.50. The fraction of sp³-hybridized carbons (Fsp3) is 0.471. The molecule has 0 bridgehead atoms. The second kappa shape index (κ2) is 7.70. The lowest BCUT2D eigenvalue weighted by Gasteiger charge is -2.28. The van der Waals surface area contributed by atoms with Crippen LogP contribution in [0, 0.1) is 17.8 Å². The van der Waals surface area contributed by atoms with Gasteiger partial charge in [0.25, 0.3) is 5.91 Å². The highest BCUT2D eigenvalue weighted by atomic mass is 16.5. The van der Waals surface area contributed by atoms with Gasteiger partial charge in [0.2, 0.25) is 0 Å². The fourth-order valence-corrected chi connectivity index (χ4v) is 1.92. The number of carbonyl (C=O) groups is 1. The summed E-state index contributed by atoms with van der Waals surface area (Å²) in [4.78, 5) is 14.3. The van der Waals surface area contributed by atoms with Crippen molar-refractivity contribution in [3.63, 3.8) is 0 Å². The van der Waals surface area contributed by atoms with Gasteiger partial charge in [-0.3, -0.25) is 4.79 Å². The topological polar surface area (TPSA) is 55.6 Å². The smallest absolute Gasteiger partial charge is 0.253 e. The van der Waals surface area contributed by atoms with E-state index in [1.165, 1.54) is 0 Å². The Bertz CT molecular complexity index is 556. The zero-order valence-corrected chi connectivity index (χ0v) is 13.4. The average molecular weight is 288 g/mol. The van der Waals surface area contributed by atoms with Crippen LogP contribution < -0.4 is 10.5 Å². The SMILES string of the molecule is COc1ccc(C(=O)N(C)C(C)C(C)C)cc1C#CCN. The fourth-order valence-electron chi connectivity index (χ4n) is 1.92. The molecule has 0 aromatic heterocycles. The largest absolute Gasteiger partial charge is 0.495 e. The third-order valence-electron chi connectivity index (χ3n) is 3.67. The first-order valence-electron chi connectivity index (χ1n) is 7.06. The first kappa shape index (κ1) is 17.1. The predicted molar refractivity (Wildman–Crippen MR) is 85.3 cm³/mol. The number of hydrogen-bond donors (Lipinski definition) is 1. The van der Waals surface area contributed by atoms with Crippen molar-refractivity contribution < 1.29 is 9.53 Å². The Morgan fingerprint density at radius 1 is 1.38 bits per heavy atom. The van der Waals surface area contributed by atoms with Gasteiger partial charge in [-0.1, -0.05) is 25.7 Å². The summed E-state index contributed by atoms with van der Waals surface area (Å²) in [5, 5.41) is 0. The van der Waals surface area contributed by atoms with Gasteiger partial charge < -0.3 is 15.4 Å². The molecular weight excluding hydrogens is 264 g/mol. The number of ether oxygens (including phenoxy) is 1. The lowest BCUT2D eigenvalue weighted by molar-refractivity contribution is 0.0707. The summed E-state index contributed by atoms with van der Waals surface area (Å²) in [6.45, 7) is 6.51. The molecular formula is C17H24N2O2. The van der Waals surface area contributed by atoms with Crippen LogP contribution in [0.25, 0.3) is 0 Å². The zero-order chi connectivity index (χ0) is 16.0. The van der Waals surface area contributed by atoms with Crippen LogP contribution in [0.4, 0.5) is 0 Å². The van der Waals surface area contributed by atoms with Crippen LogP contribution in [-0.2, 0) is 0 Å². The summed E-state index contributed by atoms with van der Waals surface area (Å²) in [6, 6.07) is 5.45. The van der Waals surface area contributed by atoms with Crippen molar-refractivity contribution in [2.75, 3.05) is 20.7 Å². The van der Waals surface area contributed by atoms with Crippen LogP contribution in [-0.4, -0.2) is 37.6 Å². The molecule has 4 nitrogen and oxygen atoms in total. The molecule has 0 spiro atoms. The molecule has 0 saturated heterocycles. The summed E-state index contributed by atoms with van der Waals surface area (Å²) < 4.78 is 5.26. The Morgan fingerprint density at radius 2 is 2.05 bits per heavy atom. The molecule has 1 unspecified atom stereocenters. The Balaban J connectivity index is 3.11. The summed E-state index contributed by atoms with van der Waals surface area (Å²) >= 11 is 0. The van der Waals surface area contributed by atoms with Gasteiger partial charge in [0.15, 0.2) is 0 Å². The zero-order valence-electron chi connectivity index (χ0n) is 13.4. The van der Waals surface area contributed by atoms with Gasteiger partial charge >= 0.3 is 0 Å². The summed E-state index contributed by atoms with van der Waals surface area (Å²) in [6.07, 6.45) is 0. The lowest BCUT2D eigenvalue weighted by Crippen LogP contribution is -2.38. The summed E-state index contributed by atoms with van der Waals surface area (Å²) in [7, 11) is 3.40. The lowest BCUT2D eigenvalue weighted by atomic mass is 10.0. The molecule has 2 N–H and O–H groups in total. The van der Waals surface area contributed by atoms with Crippen LogP contribution >= 0.6 is 0 Å². The van der Waals surface area contributed by atoms with Gasteiger partial charge in [0.05, 0.1) is 19.2 Å². The van der Waals surface area contributed by atoms with E-state index in [-0.39, 0.29) is 18.5 Å². The van der Waals surface area contributed by atoms with Crippen LogP contribution in [0.5, 0.6) is 5.75 Å². The quantitative estimate of drug-likeness (QED) is 0.863. The number of carbonyl (C=O) groups excluding carboxylic acids is 1. The van der Waals surface area contributed by atoms with Crippen molar-refractivity contribution >= 4 is 5.91 Å². The molecule has 114 valence electrons. The number of nitrogens with zero attached hydrogens (tertiary/aromatic N) is 1. The van der Waals surface area contributed by atoms with Gasteiger partial charge in [-0.2, -0.15) is 0 Å². The maximum Gasteiger partial charge on any atom is 0.253 e. The Kier molecular flexibility index (Phi) is 6.26. The van der Waals surface area contributed by atoms with Crippen LogP contribution in [0.15, 0.2) is 18.2 Å². The summed E-state index contributed by atoms with van der Waals surface area (Å²) in [5.41, 5.74) is 6.68. The van der Waals surface area contributed by atoms with E-state index in [9.17, 15) is 4.79 Å². The third kappa shape index (κ3) is 4.24.